The molecule has 0 atom stereocenters. The van der Waals surface area contributed by atoms with Crippen molar-refractivity contribution in [2.24, 2.45) is 0 Å². The second-order valence-corrected chi connectivity index (χ2v) is 8.80. The van der Waals surface area contributed by atoms with E-state index in [9.17, 15) is 13.2 Å². The molecular weight excluding hydrogens is 374 g/mol. The zero-order chi connectivity index (χ0) is 20.0. The Kier molecular flexibility index (Phi) is 6.83. The van der Waals surface area contributed by atoms with Gasteiger partial charge in [-0.15, -0.1) is 0 Å². The Hall–Kier alpha value is -2.22. The highest BCUT2D eigenvalue weighted by Crippen LogP contribution is 2.15. The fourth-order valence-corrected chi connectivity index (χ4v) is 4.45. The van der Waals surface area contributed by atoms with Gasteiger partial charge in [-0.05, 0) is 42.7 Å². The van der Waals surface area contributed by atoms with Gasteiger partial charge in [0.25, 0.3) is 5.91 Å². The molecule has 1 aliphatic rings. The van der Waals surface area contributed by atoms with Gasteiger partial charge < -0.3 is 5.32 Å². The summed E-state index contributed by atoms with van der Waals surface area (Å²) in [5, 5.41) is 3.07. The van der Waals surface area contributed by atoms with Gasteiger partial charge >= 0.3 is 0 Å². The number of rotatable bonds is 7. The second kappa shape index (κ2) is 9.32. The van der Waals surface area contributed by atoms with Gasteiger partial charge in [-0.1, -0.05) is 37.3 Å². The molecule has 1 aliphatic heterocycles. The van der Waals surface area contributed by atoms with E-state index in [1.807, 2.05) is 6.07 Å². The van der Waals surface area contributed by atoms with E-state index < -0.39 is 10.0 Å². The highest BCUT2D eigenvalue weighted by atomic mass is 32.2. The van der Waals surface area contributed by atoms with Crippen molar-refractivity contribution in [1.29, 1.82) is 0 Å². The molecule has 2 aromatic rings. The molecule has 1 fully saturated rings. The van der Waals surface area contributed by atoms with Gasteiger partial charge in [-0.2, -0.15) is 0 Å². The number of carbonyl (C=O) groups is 1. The first-order valence-electron chi connectivity index (χ1n) is 9.65. The third kappa shape index (κ3) is 5.41. The van der Waals surface area contributed by atoms with E-state index >= 15 is 0 Å². The van der Waals surface area contributed by atoms with Gasteiger partial charge in [0.15, 0.2) is 0 Å². The van der Waals surface area contributed by atoms with Crippen LogP contribution in [0.1, 0.15) is 35.7 Å². The standard InChI is InChI=1S/C21H27N3O3S/c1-2-22-28(26,27)20-10-8-18(9-11-20)21(25)23-19-12-14-24(15-13-19)16-17-6-4-3-5-7-17/h3-11,19,22H,2,12-16H2,1H3,(H,23,25). The van der Waals surface area contributed by atoms with Crippen LogP contribution in [-0.4, -0.2) is 44.9 Å². The van der Waals surface area contributed by atoms with Crippen molar-refractivity contribution in [2.45, 2.75) is 37.2 Å². The number of likely N-dealkylation sites (tertiary alicyclic amines) is 1. The maximum Gasteiger partial charge on any atom is 0.251 e. The predicted octanol–water partition coefficient (Wildman–Crippen LogP) is 2.38. The van der Waals surface area contributed by atoms with Crippen molar-refractivity contribution in [3.8, 4) is 0 Å². The van der Waals surface area contributed by atoms with Gasteiger partial charge in [-0.3, -0.25) is 9.69 Å². The van der Waals surface area contributed by atoms with Crippen molar-refractivity contribution in [3.63, 3.8) is 0 Å². The van der Waals surface area contributed by atoms with Gasteiger partial charge in [0, 0.05) is 37.8 Å². The number of hydrogen-bond donors (Lipinski definition) is 2. The highest BCUT2D eigenvalue weighted by molar-refractivity contribution is 7.89. The van der Waals surface area contributed by atoms with Crippen LogP contribution in [0.2, 0.25) is 0 Å². The molecule has 0 bridgehead atoms. The largest absolute Gasteiger partial charge is 0.349 e. The van der Waals surface area contributed by atoms with Crippen LogP contribution < -0.4 is 10.0 Å². The molecule has 7 heteroatoms. The number of amides is 1. The zero-order valence-electron chi connectivity index (χ0n) is 16.1. The lowest BCUT2D eigenvalue weighted by atomic mass is 10.0. The normalized spacial score (nSPS) is 16.0. The van der Waals surface area contributed by atoms with E-state index in [2.05, 4.69) is 39.2 Å². The fourth-order valence-electron chi connectivity index (χ4n) is 3.40. The lowest BCUT2D eigenvalue weighted by Gasteiger charge is -2.32. The minimum absolute atomic E-state index is 0.143. The average Bonchev–Trinajstić information content (AvgIpc) is 2.70. The summed E-state index contributed by atoms with van der Waals surface area (Å²) in [5.74, 6) is -0.158. The maximum absolute atomic E-state index is 12.5. The number of nitrogens with zero attached hydrogens (tertiary/aromatic N) is 1. The van der Waals surface area contributed by atoms with Crippen LogP contribution in [-0.2, 0) is 16.6 Å². The van der Waals surface area contributed by atoms with Gasteiger partial charge in [0.2, 0.25) is 10.0 Å². The molecule has 0 radical (unpaired) electrons. The molecule has 2 N–H and O–H groups in total. The van der Waals surface area contributed by atoms with E-state index in [1.54, 1.807) is 19.1 Å². The van der Waals surface area contributed by atoms with Crippen molar-refractivity contribution in [3.05, 3.63) is 65.7 Å². The quantitative estimate of drug-likeness (QED) is 0.747. The Morgan fingerprint density at radius 3 is 2.29 bits per heavy atom. The Morgan fingerprint density at radius 1 is 1.04 bits per heavy atom. The van der Waals surface area contributed by atoms with E-state index in [0.29, 0.717) is 12.1 Å². The molecule has 0 aliphatic carbocycles. The molecule has 28 heavy (non-hydrogen) atoms. The summed E-state index contributed by atoms with van der Waals surface area (Å²) in [4.78, 5) is 15.1. The average molecular weight is 402 g/mol. The molecule has 0 saturated carbocycles. The summed E-state index contributed by atoms with van der Waals surface area (Å²) < 4.78 is 26.4. The Bertz CT molecular complexity index is 875. The minimum Gasteiger partial charge on any atom is -0.349 e. The van der Waals surface area contributed by atoms with Crippen LogP contribution >= 0.6 is 0 Å². The van der Waals surface area contributed by atoms with Gasteiger partial charge in [-0.25, -0.2) is 13.1 Å². The zero-order valence-corrected chi connectivity index (χ0v) is 16.9. The first-order valence-corrected chi connectivity index (χ1v) is 11.1. The van der Waals surface area contributed by atoms with Crippen LogP contribution in [0.4, 0.5) is 0 Å². The van der Waals surface area contributed by atoms with Gasteiger partial charge in [0.1, 0.15) is 0 Å². The Labute approximate surface area is 167 Å². The van der Waals surface area contributed by atoms with Crippen molar-refractivity contribution in [2.75, 3.05) is 19.6 Å². The number of carbonyl (C=O) groups excluding carboxylic acids is 1. The number of sulfonamides is 1. The number of benzene rings is 2. The highest BCUT2D eigenvalue weighted by Gasteiger charge is 2.21. The first-order chi connectivity index (χ1) is 13.5. The first kappa shape index (κ1) is 20.5. The summed E-state index contributed by atoms with van der Waals surface area (Å²) in [6.45, 7) is 4.88. The minimum atomic E-state index is -3.50. The lowest BCUT2D eigenvalue weighted by molar-refractivity contribution is 0.0909. The summed E-state index contributed by atoms with van der Waals surface area (Å²) >= 11 is 0. The second-order valence-electron chi connectivity index (χ2n) is 7.04. The van der Waals surface area contributed by atoms with Crippen LogP contribution in [0.5, 0.6) is 0 Å². The van der Waals surface area contributed by atoms with Crippen LogP contribution in [0.15, 0.2) is 59.5 Å². The fraction of sp³-hybridized carbons (Fsp3) is 0.381. The molecular formula is C21H27N3O3S. The Balaban J connectivity index is 1.50. The van der Waals surface area contributed by atoms with E-state index in [-0.39, 0.29) is 16.8 Å². The van der Waals surface area contributed by atoms with Crippen LogP contribution in [0, 0.1) is 0 Å². The molecule has 0 unspecified atom stereocenters. The molecule has 1 heterocycles. The monoisotopic (exact) mass is 401 g/mol. The summed E-state index contributed by atoms with van der Waals surface area (Å²) in [6, 6.07) is 16.6. The molecule has 0 aromatic heterocycles. The van der Waals surface area contributed by atoms with E-state index in [4.69, 9.17) is 0 Å². The van der Waals surface area contributed by atoms with Crippen molar-refractivity contribution < 1.29 is 13.2 Å². The predicted molar refractivity (Wildman–Crippen MR) is 110 cm³/mol. The summed E-state index contributed by atoms with van der Waals surface area (Å²) in [5.41, 5.74) is 1.78. The van der Waals surface area contributed by atoms with Crippen molar-refractivity contribution >= 4 is 15.9 Å². The molecule has 6 nitrogen and oxygen atoms in total. The maximum atomic E-state index is 12.5. The van der Waals surface area contributed by atoms with Crippen LogP contribution in [0.3, 0.4) is 0 Å². The molecule has 2 aromatic carbocycles. The van der Waals surface area contributed by atoms with E-state index in [1.165, 1.54) is 17.7 Å². The number of hydrogen-bond acceptors (Lipinski definition) is 4. The SMILES string of the molecule is CCNS(=O)(=O)c1ccc(C(=O)NC2CCN(Cc3ccccc3)CC2)cc1. The molecule has 3 rings (SSSR count). The molecule has 1 saturated heterocycles. The van der Waals surface area contributed by atoms with Gasteiger partial charge in [0.05, 0.1) is 4.90 Å². The smallest absolute Gasteiger partial charge is 0.251 e. The molecule has 150 valence electrons. The number of nitrogens with one attached hydrogen (secondary N) is 2. The summed E-state index contributed by atoms with van der Waals surface area (Å²) in [6.07, 6.45) is 1.82. The van der Waals surface area contributed by atoms with Crippen molar-refractivity contribution in [1.82, 2.24) is 14.9 Å². The summed E-state index contributed by atoms with van der Waals surface area (Å²) in [7, 11) is -3.50. The third-order valence-corrected chi connectivity index (χ3v) is 6.49. The van der Waals surface area contributed by atoms with E-state index in [0.717, 1.165) is 32.5 Å². The van der Waals surface area contributed by atoms with Crippen LogP contribution in [0.25, 0.3) is 0 Å². The molecule has 0 spiro atoms. The molecule has 1 amide bonds. The Morgan fingerprint density at radius 2 is 1.68 bits per heavy atom. The topological polar surface area (TPSA) is 78.5 Å². The third-order valence-electron chi connectivity index (χ3n) is 4.93. The number of piperidine rings is 1. The lowest BCUT2D eigenvalue weighted by Crippen LogP contribution is -2.44.